The monoisotopic (exact) mass is 256 g/mol. The third-order valence-corrected chi connectivity index (χ3v) is 3.59. The quantitative estimate of drug-likeness (QED) is 0.886. The molecule has 98 valence electrons. The van der Waals surface area contributed by atoms with Crippen LogP contribution in [0.25, 0.3) is 0 Å². The van der Waals surface area contributed by atoms with Crippen LogP contribution in [0.2, 0.25) is 0 Å². The first kappa shape index (κ1) is 12.0. The molecule has 0 aliphatic carbocycles. The van der Waals surface area contributed by atoms with Gasteiger partial charge in [0.2, 0.25) is 5.91 Å². The van der Waals surface area contributed by atoms with Crippen molar-refractivity contribution in [3.63, 3.8) is 0 Å². The lowest BCUT2D eigenvalue weighted by atomic mass is 9.97. The van der Waals surface area contributed by atoms with Crippen molar-refractivity contribution in [3.8, 4) is 0 Å². The van der Waals surface area contributed by atoms with Gasteiger partial charge in [0.1, 0.15) is 5.76 Å². The second-order valence-corrected chi connectivity index (χ2v) is 4.80. The molecular weight excluding hydrogens is 240 g/mol. The molecular formula is C15H16N2O2. The van der Waals surface area contributed by atoms with E-state index in [-0.39, 0.29) is 11.9 Å². The number of hydrogen-bond acceptors (Lipinski definition) is 3. The Morgan fingerprint density at radius 1 is 1.37 bits per heavy atom. The fourth-order valence-corrected chi connectivity index (χ4v) is 2.62. The molecule has 0 fully saturated rings. The van der Waals surface area contributed by atoms with E-state index in [1.165, 1.54) is 0 Å². The Hall–Kier alpha value is -2.07. The van der Waals surface area contributed by atoms with Gasteiger partial charge in [-0.1, -0.05) is 12.1 Å². The van der Waals surface area contributed by atoms with E-state index in [1.807, 2.05) is 32.2 Å². The second-order valence-electron chi connectivity index (χ2n) is 4.80. The van der Waals surface area contributed by atoms with Crippen molar-refractivity contribution in [1.82, 2.24) is 5.32 Å². The van der Waals surface area contributed by atoms with Gasteiger partial charge in [-0.05, 0) is 37.2 Å². The highest BCUT2D eigenvalue weighted by Gasteiger charge is 2.21. The third-order valence-electron chi connectivity index (χ3n) is 3.59. The molecule has 4 nitrogen and oxygen atoms in total. The van der Waals surface area contributed by atoms with Crippen LogP contribution in [0.5, 0.6) is 0 Å². The Bertz CT molecular complexity index is 631. The molecule has 0 radical (unpaired) electrons. The van der Waals surface area contributed by atoms with Gasteiger partial charge in [0.05, 0.1) is 18.7 Å². The zero-order chi connectivity index (χ0) is 13.4. The van der Waals surface area contributed by atoms with Crippen molar-refractivity contribution >= 4 is 11.6 Å². The highest BCUT2D eigenvalue weighted by atomic mass is 16.3. The second kappa shape index (κ2) is 4.55. The number of carbonyl (C=O) groups is 1. The molecule has 1 amide bonds. The maximum Gasteiger partial charge on any atom is 0.228 e. The fraction of sp³-hybridized carbons (Fsp3) is 0.267. The van der Waals surface area contributed by atoms with Crippen molar-refractivity contribution in [2.45, 2.75) is 19.4 Å². The zero-order valence-electron chi connectivity index (χ0n) is 11.0. The molecule has 2 heterocycles. The van der Waals surface area contributed by atoms with Crippen molar-refractivity contribution in [2.24, 2.45) is 0 Å². The van der Waals surface area contributed by atoms with E-state index in [9.17, 15) is 4.79 Å². The van der Waals surface area contributed by atoms with Crippen LogP contribution in [-0.4, -0.2) is 13.0 Å². The zero-order valence-corrected chi connectivity index (χ0v) is 11.0. The molecule has 1 unspecified atom stereocenters. The minimum Gasteiger partial charge on any atom is -0.469 e. The number of hydrogen-bond donors (Lipinski definition) is 2. The fourth-order valence-electron chi connectivity index (χ4n) is 2.62. The minimum atomic E-state index is 0.0626. The number of carbonyl (C=O) groups excluding carboxylic acids is 1. The maximum atomic E-state index is 11.4. The highest BCUT2D eigenvalue weighted by molar-refractivity contribution is 5.99. The van der Waals surface area contributed by atoms with Gasteiger partial charge in [-0.15, -0.1) is 0 Å². The standard InChI is InChI=1S/C15H16N2O2/c1-9-12(5-6-19-9)15(16-2)10-3-4-13-11(7-10)8-14(18)17-13/h3-7,15-16H,8H2,1-2H3,(H,17,18). The molecule has 1 aromatic carbocycles. The van der Waals surface area contributed by atoms with Crippen molar-refractivity contribution in [3.05, 3.63) is 53.0 Å². The van der Waals surface area contributed by atoms with Crippen molar-refractivity contribution in [1.29, 1.82) is 0 Å². The van der Waals surface area contributed by atoms with E-state index in [0.717, 1.165) is 28.1 Å². The molecule has 1 aliphatic heterocycles. The van der Waals surface area contributed by atoms with Gasteiger partial charge in [0, 0.05) is 11.3 Å². The van der Waals surface area contributed by atoms with Gasteiger partial charge >= 0.3 is 0 Å². The first-order valence-corrected chi connectivity index (χ1v) is 6.33. The number of anilines is 1. The molecule has 0 bridgehead atoms. The number of fused-ring (bicyclic) bond motifs is 1. The Balaban J connectivity index is 2.00. The molecule has 1 aliphatic rings. The van der Waals surface area contributed by atoms with Gasteiger partial charge in [-0.25, -0.2) is 0 Å². The number of furan rings is 1. The van der Waals surface area contributed by atoms with E-state index in [0.29, 0.717) is 6.42 Å². The van der Waals surface area contributed by atoms with Gasteiger partial charge < -0.3 is 15.1 Å². The molecule has 3 rings (SSSR count). The molecule has 0 spiro atoms. The predicted octanol–water partition coefficient (Wildman–Crippen LogP) is 2.39. The van der Waals surface area contributed by atoms with E-state index >= 15 is 0 Å². The van der Waals surface area contributed by atoms with Gasteiger partial charge in [0.15, 0.2) is 0 Å². The lowest BCUT2D eigenvalue weighted by Crippen LogP contribution is -2.18. The summed E-state index contributed by atoms with van der Waals surface area (Å²) < 4.78 is 5.37. The van der Waals surface area contributed by atoms with Crippen LogP contribution in [0.15, 0.2) is 34.9 Å². The molecule has 4 heteroatoms. The molecule has 0 saturated carbocycles. The first-order chi connectivity index (χ1) is 9.19. The first-order valence-electron chi connectivity index (χ1n) is 6.33. The van der Waals surface area contributed by atoms with Crippen LogP contribution >= 0.6 is 0 Å². The Labute approximate surface area is 111 Å². The van der Waals surface area contributed by atoms with Gasteiger partial charge in [-0.3, -0.25) is 4.79 Å². The van der Waals surface area contributed by atoms with Crippen molar-refractivity contribution in [2.75, 3.05) is 12.4 Å². The third kappa shape index (κ3) is 2.04. The summed E-state index contributed by atoms with van der Waals surface area (Å²) >= 11 is 0. The van der Waals surface area contributed by atoms with Crippen LogP contribution < -0.4 is 10.6 Å². The number of aryl methyl sites for hydroxylation is 1. The average molecular weight is 256 g/mol. The molecule has 1 atom stereocenters. The highest BCUT2D eigenvalue weighted by Crippen LogP contribution is 2.30. The van der Waals surface area contributed by atoms with Crippen LogP contribution in [0.1, 0.15) is 28.5 Å². The normalized spacial score (nSPS) is 15.2. The summed E-state index contributed by atoms with van der Waals surface area (Å²) in [6.07, 6.45) is 2.16. The Morgan fingerprint density at radius 3 is 2.89 bits per heavy atom. The number of rotatable bonds is 3. The Kier molecular flexibility index (Phi) is 2.87. The summed E-state index contributed by atoms with van der Waals surface area (Å²) in [6.45, 7) is 1.96. The summed E-state index contributed by atoms with van der Waals surface area (Å²) in [6, 6.07) is 8.15. The summed E-state index contributed by atoms with van der Waals surface area (Å²) in [5, 5.41) is 6.15. The average Bonchev–Trinajstić information content (AvgIpc) is 2.95. The lowest BCUT2D eigenvalue weighted by molar-refractivity contribution is -0.115. The molecule has 0 saturated heterocycles. The molecule has 2 N–H and O–H groups in total. The minimum absolute atomic E-state index is 0.0626. The summed E-state index contributed by atoms with van der Waals surface area (Å²) in [4.78, 5) is 11.4. The topological polar surface area (TPSA) is 54.3 Å². The SMILES string of the molecule is CNC(c1ccc2c(c1)CC(=O)N2)c1ccoc1C. The summed E-state index contributed by atoms with van der Waals surface area (Å²) in [7, 11) is 1.92. The number of nitrogens with one attached hydrogen (secondary N) is 2. The van der Waals surface area contributed by atoms with E-state index in [1.54, 1.807) is 6.26 Å². The molecule has 19 heavy (non-hydrogen) atoms. The summed E-state index contributed by atoms with van der Waals surface area (Å²) in [5.74, 6) is 0.974. The lowest BCUT2D eigenvalue weighted by Gasteiger charge is -2.17. The van der Waals surface area contributed by atoms with E-state index in [4.69, 9.17) is 4.42 Å². The number of amides is 1. The Morgan fingerprint density at radius 2 is 2.21 bits per heavy atom. The van der Waals surface area contributed by atoms with Crippen LogP contribution in [0, 0.1) is 6.92 Å². The largest absolute Gasteiger partial charge is 0.469 e. The summed E-state index contributed by atoms with van der Waals surface area (Å²) in [5.41, 5.74) is 4.25. The molecule has 2 aromatic rings. The molecule has 1 aromatic heterocycles. The van der Waals surface area contributed by atoms with Crippen LogP contribution in [0.4, 0.5) is 5.69 Å². The van der Waals surface area contributed by atoms with Crippen molar-refractivity contribution < 1.29 is 9.21 Å². The maximum absolute atomic E-state index is 11.4. The van der Waals surface area contributed by atoms with E-state index < -0.39 is 0 Å². The smallest absolute Gasteiger partial charge is 0.228 e. The van der Waals surface area contributed by atoms with E-state index in [2.05, 4.69) is 16.7 Å². The van der Waals surface area contributed by atoms with Crippen LogP contribution in [0.3, 0.4) is 0 Å². The number of benzene rings is 1. The van der Waals surface area contributed by atoms with Gasteiger partial charge in [-0.2, -0.15) is 0 Å². The predicted molar refractivity (Wildman–Crippen MR) is 73.1 cm³/mol. The van der Waals surface area contributed by atoms with Crippen LogP contribution in [-0.2, 0) is 11.2 Å². The van der Waals surface area contributed by atoms with Gasteiger partial charge in [0.25, 0.3) is 0 Å².